The number of benzene rings is 1. The van der Waals surface area contributed by atoms with Crippen LogP contribution in [0.15, 0.2) is 48.8 Å². The SMILES string of the molecule is CN1C(=O)C[C@@H](NC2Cc3ccccc3C2)[C@@H]1c1cccnc1. The van der Waals surface area contributed by atoms with Gasteiger partial charge < -0.3 is 10.2 Å². The van der Waals surface area contributed by atoms with Gasteiger partial charge in [0.1, 0.15) is 0 Å². The number of nitrogens with one attached hydrogen (secondary N) is 1. The molecule has 23 heavy (non-hydrogen) atoms. The van der Waals surface area contributed by atoms with Gasteiger partial charge in [-0.2, -0.15) is 0 Å². The van der Waals surface area contributed by atoms with Crippen LogP contribution < -0.4 is 5.32 Å². The van der Waals surface area contributed by atoms with Gasteiger partial charge >= 0.3 is 0 Å². The number of carbonyl (C=O) groups is 1. The second-order valence-electron chi connectivity index (χ2n) is 6.59. The van der Waals surface area contributed by atoms with Gasteiger partial charge in [0.15, 0.2) is 0 Å². The molecule has 1 saturated heterocycles. The molecule has 1 fully saturated rings. The largest absolute Gasteiger partial charge is 0.337 e. The molecule has 4 heteroatoms. The van der Waals surface area contributed by atoms with E-state index < -0.39 is 0 Å². The van der Waals surface area contributed by atoms with E-state index in [9.17, 15) is 4.79 Å². The molecule has 1 aromatic carbocycles. The first-order valence-electron chi connectivity index (χ1n) is 8.21. The molecule has 0 bridgehead atoms. The van der Waals surface area contributed by atoms with Gasteiger partial charge in [0.2, 0.25) is 5.91 Å². The van der Waals surface area contributed by atoms with Crippen LogP contribution >= 0.6 is 0 Å². The van der Waals surface area contributed by atoms with Gasteiger partial charge in [-0.05, 0) is 35.6 Å². The number of likely N-dealkylation sites (N-methyl/N-ethyl adjacent to an activating group) is 1. The van der Waals surface area contributed by atoms with Crippen LogP contribution in [0.25, 0.3) is 0 Å². The van der Waals surface area contributed by atoms with Crippen molar-refractivity contribution in [2.24, 2.45) is 0 Å². The minimum Gasteiger partial charge on any atom is -0.337 e. The predicted molar refractivity (Wildman–Crippen MR) is 88.9 cm³/mol. The molecule has 1 aromatic heterocycles. The van der Waals surface area contributed by atoms with E-state index in [1.54, 1.807) is 6.20 Å². The third kappa shape index (κ3) is 2.63. The molecule has 2 heterocycles. The lowest BCUT2D eigenvalue weighted by molar-refractivity contribution is -0.127. The van der Waals surface area contributed by atoms with Crippen LogP contribution in [0, 0.1) is 0 Å². The highest BCUT2D eigenvalue weighted by Gasteiger charge is 2.40. The molecule has 2 aliphatic rings. The molecule has 2 atom stereocenters. The summed E-state index contributed by atoms with van der Waals surface area (Å²) >= 11 is 0. The zero-order chi connectivity index (χ0) is 15.8. The number of nitrogens with zero attached hydrogens (tertiary/aromatic N) is 2. The summed E-state index contributed by atoms with van der Waals surface area (Å²) < 4.78 is 0. The summed E-state index contributed by atoms with van der Waals surface area (Å²) in [5.74, 6) is 0.201. The van der Waals surface area contributed by atoms with Crippen molar-refractivity contribution in [2.45, 2.75) is 37.4 Å². The van der Waals surface area contributed by atoms with Crippen LogP contribution in [-0.2, 0) is 17.6 Å². The van der Waals surface area contributed by atoms with Gasteiger partial charge in [-0.3, -0.25) is 9.78 Å². The number of amides is 1. The zero-order valence-corrected chi connectivity index (χ0v) is 13.3. The second-order valence-corrected chi connectivity index (χ2v) is 6.59. The molecule has 0 unspecified atom stereocenters. The first-order valence-corrected chi connectivity index (χ1v) is 8.21. The Balaban J connectivity index is 1.53. The lowest BCUT2D eigenvalue weighted by Crippen LogP contribution is -2.42. The molecule has 0 spiro atoms. The summed E-state index contributed by atoms with van der Waals surface area (Å²) in [7, 11) is 1.89. The zero-order valence-electron chi connectivity index (χ0n) is 13.3. The monoisotopic (exact) mass is 307 g/mol. The van der Waals surface area contributed by atoms with Crippen molar-refractivity contribution in [1.29, 1.82) is 0 Å². The highest BCUT2D eigenvalue weighted by molar-refractivity contribution is 5.80. The predicted octanol–water partition coefficient (Wildman–Crippen LogP) is 2.11. The fourth-order valence-corrected chi connectivity index (χ4v) is 4.01. The Morgan fingerprint density at radius 3 is 2.48 bits per heavy atom. The van der Waals surface area contributed by atoms with E-state index in [1.165, 1.54) is 11.1 Å². The molecule has 1 N–H and O–H groups in total. The Kier molecular flexibility index (Phi) is 3.62. The van der Waals surface area contributed by atoms with Gasteiger partial charge in [0, 0.05) is 37.9 Å². The molecule has 4 nitrogen and oxygen atoms in total. The molecule has 1 aliphatic heterocycles. The first kappa shape index (κ1) is 14.4. The normalized spacial score (nSPS) is 24.2. The number of rotatable bonds is 3. The smallest absolute Gasteiger partial charge is 0.224 e. The minimum absolute atomic E-state index is 0.0694. The van der Waals surface area contributed by atoms with E-state index in [-0.39, 0.29) is 18.0 Å². The van der Waals surface area contributed by atoms with Crippen molar-refractivity contribution in [2.75, 3.05) is 7.05 Å². The highest BCUT2D eigenvalue weighted by atomic mass is 16.2. The molecular formula is C19H21N3O. The van der Waals surface area contributed by atoms with Crippen LogP contribution in [0.5, 0.6) is 0 Å². The maximum absolute atomic E-state index is 12.2. The third-order valence-corrected chi connectivity index (χ3v) is 5.11. The molecular weight excluding hydrogens is 286 g/mol. The number of aromatic nitrogens is 1. The summed E-state index contributed by atoms with van der Waals surface area (Å²) in [5, 5.41) is 3.74. The Labute approximate surface area is 136 Å². The number of hydrogen-bond acceptors (Lipinski definition) is 3. The number of likely N-dealkylation sites (tertiary alicyclic amines) is 1. The van der Waals surface area contributed by atoms with Crippen LogP contribution in [-0.4, -0.2) is 34.9 Å². The Bertz CT molecular complexity index is 691. The molecule has 0 saturated carbocycles. The molecule has 1 amide bonds. The van der Waals surface area contributed by atoms with Crippen molar-refractivity contribution in [3.63, 3.8) is 0 Å². The quantitative estimate of drug-likeness (QED) is 0.944. The second kappa shape index (κ2) is 5.78. The maximum atomic E-state index is 12.2. The van der Waals surface area contributed by atoms with Crippen LogP contribution in [0.4, 0.5) is 0 Å². The summed E-state index contributed by atoms with van der Waals surface area (Å²) in [6.07, 6.45) is 6.30. The van der Waals surface area contributed by atoms with E-state index >= 15 is 0 Å². The molecule has 1 aliphatic carbocycles. The fourth-order valence-electron chi connectivity index (χ4n) is 4.01. The standard InChI is InChI=1S/C19H21N3O/c1-22-18(23)11-17(19(22)15-7-4-8-20-12-15)21-16-9-13-5-2-3-6-14(13)10-16/h2-8,12,16-17,19,21H,9-11H2,1H3/t17-,19+/m1/s1. The summed E-state index contributed by atoms with van der Waals surface area (Å²) in [4.78, 5) is 18.3. The fraction of sp³-hybridized carbons (Fsp3) is 0.368. The van der Waals surface area contributed by atoms with E-state index in [1.807, 2.05) is 24.2 Å². The molecule has 2 aromatic rings. The number of carbonyl (C=O) groups excluding carboxylic acids is 1. The van der Waals surface area contributed by atoms with Crippen LogP contribution in [0.2, 0.25) is 0 Å². The van der Waals surface area contributed by atoms with Crippen LogP contribution in [0.3, 0.4) is 0 Å². The summed E-state index contributed by atoms with van der Waals surface area (Å²) in [5.41, 5.74) is 3.97. The van der Waals surface area contributed by atoms with Crippen molar-refractivity contribution < 1.29 is 4.79 Å². The van der Waals surface area contributed by atoms with E-state index in [2.05, 4.69) is 40.6 Å². The van der Waals surface area contributed by atoms with Gasteiger partial charge in [-0.1, -0.05) is 30.3 Å². The molecule has 0 radical (unpaired) electrons. The lowest BCUT2D eigenvalue weighted by atomic mass is 10.0. The molecule has 4 rings (SSSR count). The number of fused-ring (bicyclic) bond motifs is 1. The summed E-state index contributed by atoms with van der Waals surface area (Å²) in [6, 6.07) is 13.3. The van der Waals surface area contributed by atoms with Gasteiger partial charge in [-0.25, -0.2) is 0 Å². The average Bonchev–Trinajstić information content (AvgIpc) is 3.09. The van der Waals surface area contributed by atoms with Crippen molar-refractivity contribution in [3.8, 4) is 0 Å². The molecule has 118 valence electrons. The van der Waals surface area contributed by atoms with Crippen LogP contribution in [0.1, 0.15) is 29.2 Å². The Morgan fingerprint density at radius 1 is 1.09 bits per heavy atom. The topological polar surface area (TPSA) is 45.2 Å². The van der Waals surface area contributed by atoms with Gasteiger partial charge in [-0.15, -0.1) is 0 Å². The first-order chi connectivity index (χ1) is 11.2. The van der Waals surface area contributed by atoms with E-state index in [0.717, 1.165) is 18.4 Å². The Hall–Kier alpha value is -2.20. The Morgan fingerprint density at radius 2 is 1.83 bits per heavy atom. The van der Waals surface area contributed by atoms with Gasteiger partial charge in [0.25, 0.3) is 0 Å². The number of hydrogen-bond donors (Lipinski definition) is 1. The van der Waals surface area contributed by atoms with Crippen molar-refractivity contribution in [1.82, 2.24) is 15.2 Å². The summed E-state index contributed by atoms with van der Waals surface area (Å²) in [6.45, 7) is 0. The van der Waals surface area contributed by atoms with Gasteiger partial charge in [0.05, 0.1) is 6.04 Å². The highest BCUT2D eigenvalue weighted by Crippen LogP contribution is 2.33. The third-order valence-electron chi connectivity index (χ3n) is 5.11. The maximum Gasteiger partial charge on any atom is 0.224 e. The van der Waals surface area contributed by atoms with E-state index in [0.29, 0.717) is 12.5 Å². The minimum atomic E-state index is 0.0694. The average molecular weight is 307 g/mol. The van der Waals surface area contributed by atoms with Crippen molar-refractivity contribution >= 4 is 5.91 Å². The number of pyridine rings is 1. The lowest BCUT2D eigenvalue weighted by Gasteiger charge is -2.28. The van der Waals surface area contributed by atoms with E-state index in [4.69, 9.17) is 0 Å². The van der Waals surface area contributed by atoms with Crippen molar-refractivity contribution in [3.05, 3.63) is 65.5 Å².